The van der Waals surface area contributed by atoms with Crippen LogP contribution in [-0.2, 0) is 14.2 Å². The van der Waals surface area contributed by atoms with E-state index >= 15 is 0 Å². The Morgan fingerprint density at radius 3 is 1.76 bits per heavy atom. The molecule has 0 rings (SSSR count). The first kappa shape index (κ1) is 17.6. The van der Waals surface area contributed by atoms with E-state index in [1.165, 1.54) is 32.1 Å². The van der Waals surface area contributed by atoms with Crippen LogP contribution in [0, 0.1) is 0 Å². The van der Waals surface area contributed by atoms with Crippen molar-refractivity contribution in [2.24, 2.45) is 0 Å². The molecule has 0 atom stereocenters. The molecule has 104 valence electrons. The van der Waals surface area contributed by atoms with Crippen molar-refractivity contribution in [1.29, 1.82) is 0 Å². The van der Waals surface area contributed by atoms with Gasteiger partial charge >= 0.3 is 0 Å². The molecule has 0 aliphatic rings. The monoisotopic (exact) mass is 358 g/mol. The van der Waals surface area contributed by atoms with Gasteiger partial charge in [-0.25, -0.2) is 0 Å². The lowest BCUT2D eigenvalue weighted by Gasteiger charge is -2.06. The Balaban J connectivity index is 2.85. The third-order valence-electron chi connectivity index (χ3n) is 2.36. The van der Waals surface area contributed by atoms with Gasteiger partial charge in [-0.2, -0.15) is 0 Å². The van der Waals surface area contributed by atoms with Gasteiger partial charge in [-0.05, 0) is 6.42 Å². The summed E-state index contributed by atoms with van der Waals surface area (Å²) in [6.07, 6.45) is 6.46. The van der Waals surface area contributed by atoms with E-state index in [1.54, 1.807) is 0 Å². The van der Waals surface area contributed by atoms with Crippen LogP contribution in [0.2, 0.25) is 0 Å². The third-order valence-corrected chi connectivity index (χ3v) is 2.80. The molecule has 0 radical (unpaired) electrons. The summed E-state index contributed by atoms with van der Waals surface area (Å²) >= 11 is 2.30. The van der Waals surface area contributed by atoms with Crippen LogP contribution < -0.4 is 0 Å². The van der Waals surface area contributed by atoms with E-state index in [4.69, 9.17) is 14.2 Å². The van der Waals surface area contributed by atoms with Crippen LogP contribution in [0.1, 0.15) is 39.0 Å². The number of rotatable bonds is 14. The molecule has 3 nitrogen and oxygen atoms in total. The zero-order valence-electron chi connectivity index (χ0n) is 11.1. The summed E-state index contributed by atoms with van der Waals surface area (Å²) in [7, 11) is 0. The first-order valence-corrected chi connectivity index (χ1v) is 8.23. The van der Waals surface area contributed by atoms with Crippen LogP contribution in [0.3, 0.4) is 0 Å². The molecular weight excluding hydrogens is 331 g/mol. The van der Waals surface area contributed by atoms with Gasteiger partial charge in [-0.15, -0.1) is 0 Å². The smallest absolute Gasteiger partial charge is 0.0701 e. The van der Waals surface area contributed by atoms with Gasteiger partial charge in [0.2, 0.25) is 0 Å². The molecule has 0 unspecified atom stereocenters. The lowest BCUT2D eigenvalue weighted by atomic mass is 10.2. The van der Waals surface area contributed by atoms with Gasteiger partial charge < -0.3 is 14.2 Å². The molecule has 0 aromatic heterocycles. The minimum atomic E-state index is 0.677. The molecular formula is C13H27IO3. The molecule has 4 heteroatoms. The minimum Gasteiger partial charge on any atom is -0.379 e. The molecule has 0 saturated carbocycles. The largest absolute Gasteiger partial charge is 0.379 e. The Kier molecular flexibility index (Phi) is 17.2. The maximum Gasteiger partial charge on any atom is 0.0701 e. The summed E-state index contributed by atoms with van der Waals surface area (Å²) in [5, 5.41) is 0. The molecule has 0 aromatic rings. The molecule has 0 aliphatic carbocycles. The highest BCUT2D eigenvalue weighted by Crippen LogP contribution is 2.02. The van der Waals surface area contributed by atoms with Gasteiger partial charge in [-0.1, -0.05) is 55.2 Å². The molecule has 0 amide bonds. The van der Waals surface area contributed by atoms with Gasteiger partial charge in [0.1, 0.15) is 0 Å². The van der Waals surface area contributed by atoms with Crippen LogP contribution in [0.25, 0.3) is 0 Å². The Labute approximate surface area is 120 Å². The van der Waals surface area contributed by atoms with Gasteiger partial charge in [0.25, 0.3) is 0 Å². The second-order valence-electron chi connectivity index (χ2n) is 3.94. The summed E-state index contributed by atoms with van der Waals surface area (Å²) < 4.78 is 17.2. The van der Waals surface area contributed by atoms with Crippen LogP contribution in [0.4, 0.5) is 0 Å². The summed E-state index contributed by atoms with van der Waals surface area (Å²) in [5.74, 6) is 0. The van der Waals surface area contributed by atoms with Crippen LogP contribution >= 0.6 is 22.6 Å². The third kappa shape index (κ3) is 16.6. The predicted molar refractivity (Wildman–Crippen MR) is 80.1 cm³/mol. The van der Waals surface area contributed by atoms with E-state index in [0.29, 0.717) is 26.4 Å². The molecule has 0 aromatic carbocycles. The highest BCUT2D eigenvalue weighted by Gasteiger charge is 1.92. The Bertz CT molecular complexity index is 120. The van der Waals surface area contributed by atoms with E-state index in [1.807, 2.05) is 0 Å². The second-order valence-corrected chi connectivity index (χ2v) is 5.02. The maximum absolute atomic E-state index is 5.47. The average Bonchev–Trinajstić information content (AvgIpc) is 2.35. The topological polar surface area (TPSA) is 27.7 Å². The summed E-state index contributed by atoms with van der Waals surface area (Å²) in [4.78, 5) is 0. The summed E-state index contributed by atoms with van der Waals surface area (Å²) in [5.41, 5.74) is 0. The first-order chi connectivity index (χ1) is 8.41. The second kappa shape index (κ2) is 16.6. The average molecular weight is 358 g/mol. The van der Waals surface area contributed by atoms with Crippen molar-refractivity contribution in [3.63, 3.8) is 0 Å². The normalized spacial score (nSPS) is 10.9. The fraction of sp³-hybridized carbons (Fsp3) is 1.00. The number of alkyl halides is 1. The molecule has 0 aliphatic heterocycles. The van der Waals surface area contributed by atoms with E-state index in [9.17, 15) is 0 Å². The molecule has 0 heterocycles. The highest BCUT2D eigenvalue weighted by molar-refractivity contribution is 14.1. The summed E-state index contributed by atoms with van der Waals surface area (Å²) in [6, 6.07) is 0. The van der Waals surface area contributed by atoms with Crippen molar-refractivity contribution in [1.82, 2.24) is 0 Å². The van der Waals surface area contributed by atoms with Crippen molar-refractivity contribution in [2.75, 3.05) is 44.1 Å². The van der Waals surface area contributed by atoms with E-state index in [0.717, 1.165) is 17.6 Å². The lowest BCUT2D eigenvalue weighted by Crippen LogP contribution is -2.10. The van der Waals surface area contributed by atoms with Gasteiger partial charge in [0, 0.05) is 11.0 Å². The maximum atomic E-state index is 5.47. The number of ether oxygens (including phenoxy) is 3. The molecule has 0 saturated heterocycles. The SMILES string of the molecule is CCCCCCCOCCOCCOCCI. The number of hydrogen-bond acceptors (Lipinski definition) is 3. The van der Waals surface area contributed by atoms with E-state index in [2.05, 4.69) is 29.5 Å². The Hall–Kier alpha value is 0.610. The van der Waals surface area contributed by atoms with E-state index in [-0.39, 0.29) is 0 Å². The molecule has 17 heavy (non-hydrogen) atoms. The molecule has 0 bridgehead atoms. The number of halogens is 1. The van der Waals surface area contributed by atoms with Gasteiger partial charge in [-0.3, -0.25) is 0 Å². The van der Waals surface area contributed by atoms with Gasteiger partial charge in [0.05, 0.1) is 33.0 Å². The Morgan fingerprint density at radius 1 is 0.647 bits per heavy atom. The van der Waals surface area contributed by atoms with Crippen molar-refractivity contribution in [3.05, 3.63) is 0 Å². The predicted octanol–water partition coefficient (Wildman–Crippen LogP) is 3.44. The van der Waals surface area contributed by atoms with Gasteiger partial charge in [0.15, 0.2) is 0 Å². The number of hydrogen-bond donors (Lipinski definition) is 0. The standard InChI is InChI=1S/C13H27IO3/c1-2-3-4-5-6-8-15-10-12-17-13-11-16-9-7-14/h2-13H2,1H3. The Morgan fingerprint density at radius 2 is 1.18 bits per heavy atom. The number of unbranched alkanes of at least 4 members (excludes halogenated alkanes) is 4. The summed E-state index contributed by atoms with van der Waals surface area (Å²) in [6.45, 7) is 6.69. The van der Waals surface area contributed by atoms with E-state index < -0.39 is 0 Å². The minimum absolute atomic E-state index is 0.677. The van der Waals surface area contributed by atoms with Crippen molar-refractivity contribution >= 4 is 22.6 Å². The zero-order chi connectivity index (χ0) is 12.6. The van der Waals surface area contributed by atoms with Crippen LogP contribution in [0.15, 0.2) is 0 Å². The lowest BCUT2D eigenvalue weighted by molar-refractivity contribution is 0.0169. The van der Waals surface area contributed by atoms with Crippen molar-refractivity contribution in [2.45, 2.75) is 39.0 Å². The van der Waals surface area contributed by atoms with Crippen LogP contribution in [0.5, 0.6) is 0 Å². The molecule has 0 spiro atoms. The fourth-order valence-electron chi connectivity index (χ4n) is 1.40. The highest BCUT2D eigenvalue weighted by atomic mass is 127. The quantitative estimate of drug-likeness (QED) is 0.271. The van der Waals surface area contributed by atoms with Crippen LogP contribution in [-0.4, -0.2) is 44.1 Å². The van der Waals surface area contributed by atoms with Crippen molar-refractivity contribution in [3.8, 4) is 0 Å². The first-order valence-electron chi connectivity index (χ1n) is 6.71. The fourth-order valence-corrected chi connectivity index (χ4v) is 1.72. The van der Waals surface area contributed by atoms with Crippen molar-refractivity contribution < 1.29 is 14.2 Å². The molecule has 0 N–H and O–H groups in total. The zero-order valence-corrected chi connectivity index (χ0v) is 13.2. The molecule has 0 fully saturated rings.